The van der Waals surface area contributed by atoms with Crippen molar-refractivity contribution in [1.29, 1.82) is 0 Å². The minimum absolute atomic E-state index is 0.235. The summed E-state index contributed by atoms with van der Waals surface area (Å²) >= 11 is 5.32. The molecule has 0 amide bonds. The highest BCUT2D eigenvalue weighted by atomic mass is 35.5. The van der Waals surface area contributed by atoms with E-state index in [4.69, 9.17) is 21.8 Å². The Labute approximate surface area is 84.7 Å². The molecule has 2 aromatic rings. The van der Waals surface area contributed by atoms with Crippen LogP contribution in [0.15, 0.2) is 22.6 Å². The first-order valence-electron chi connectivity index (χ1n) is 4.00. The quantitative estimate of drug-likeness (QED) is 0.766. The molecule has 0 saturated carbocycles. The van der Waals surface area contributed by atoms with Crippen molar-refractivity contribution < 1.29 is 9.21 Å². The Balaban J connectivity index is 2.59. The van der Waals surface area contributed by atoms with Gasteiger partial charge in [0.1, 0.15) is 5.52 Å². The number of halogens is 1. The van der Waals surface area contributed by atoms with Gasteiger partial charge in [0.15, 0.2) is 5.58 Å². The summed E-state index contributed by atoms with van der Waals surface area (Å²) in [7, 11) is 0. The molecule has 1 aromatic heterocycles. The lowest BCUT2D eigenvalue weighted by molar-refractivity contribution is 0.108. The number of nitrogens with zero attached hydrogens (tertiary/aromatic N) is 1. The number of hydrogen-bond acceptors (Lipinski definition) is 4. The molecule has 1 aromatic carbocycles. The second-order valence-corrected chi connectivity index (χ2v) is 3.11. The second kappa shape index (κ2) is 3.40. The fraction of sp³-hybridized carbons (Fsp3) is 0.111. The summed E-state index contributed by atoms with van der Waals surface area (Å²) < 4.78 is 5.26. The number of hydrogen-bond donors (Lipinski definition) is 1. The highest BCUT2D eigenvalue weighted by Gasteiger charge is 2.07. The SMILES string of the molecule is NCc1nc2ccc(C(=O)Cl)cc2o1. The van der Waals surface area contributed by atoms with Crippen molar-refractivity contribution in [2.75, 3.05) is 0 Å². The lowest BCUT2D eigenvalue weighted by atomic mass is 10.2. The normalized spacial score (nSPS) is 10.7. The molecule has 1 heterocycles. The Morgan fingerprint density at radius 1 is 1.57 bits per heavy atom. The van der Waals surface area contributed by atoms with E-state index in [9.17, 15) is 4.79 Å². The summed E-state index contributed by atoms with van der Waals surface area (Å²) in [6.45, 7) is 0.235. The van der Waals surface area contributed by atoms with E-state index in [0.29, 0.717) is 22.6 Å². The molecule has 0 bridgehead atoms. The summed E-state index contributed by atoms with van der Waals surface area (Å²) in [4.78, 5) is 14.9. The van der Waals surface area contributed by atoms with E-state index < -0.39 is 5.24 Å². The van der Waals surface area contributed by atoms with E-state index in [1.54, 1.807) is 18.2 Å². The number of nitrogens with two attached hydrogens (primary N) is 1. The molecule has 0 radical (unpaired) electrons. The number of aromatic nitrogens is 1. The third-order valence-electron chi connectivity index (χ3n) is 1.83. The molecular formula is C9H7ClN2O2. The van der Waals surface area contributed by atoms with Crippen molar-refractivity contribution >= 4 is 27.9 Å². The van der Waals surface area contributed by atoms with Crippen molar-refractivity contribution in [2.45, 2.75) is 6.54 Å². The molecule has 5 heteroatoms. The van der Waals surface area contributed by atoms with Crippen LogP contribution in [-0.2, 0) is 6.54 Å². The summed E-state index contributed by atoms with van der Waals surface area (Å²) in [6, 6.07) is 4.82. The number of benzene rings is 1. The Bertz CT molecular complexity index is 493. The van der Waals surface area contributed by atoms with Crippen LogP contribution in [0.1, 0.15) is 16.2 Å². The monoisotopic (exact) mass is 210 g/mol. The fourth-order valence-corrected chi connectivity index (χ4v) is 1.30. The van der Waals surface area contributed by atoms with Gasteiger partial charge in [0.25, 0.3) is 5.24 Å². The average molecular weight is 211 g/mol. The molecule has 0 atom stereocenters. The predicted octanol–water partition coefficient (Wildman–Crippen LogP) is 1.67. The van der Waals surface area contributed by atoms with Crippen molar-refractivity contribution in [3.63, 3.8) is 0 Å². The number of rotatable bonds is 2. The van der Waals surface area contributed by atoms with Crippen LogP contribution in [-0.4, -0.2) is 10.2 Å². The maximum Gasteiger partial charge on any atom is 0.252 e. The fourth-order valence-electron chi connectivity index (χ4n) is 1.18. The molecule has 0 aliphatic heterocycles. The van der Waals surface area contributed by atoms with Crippen LogP contribution >= 0.6 is 11.6 Å². The molecule has 0 fully saturated rings. The Kier molecular flexibility index (Phi) is 2.23. The van der Waals surface area contributed by atoms with Crippen LogP contribution < -0.4 is 5.73 Å². The smallest absolute Gasteiger partial charge is 0.252 e. The topological polar surface area (TPSA) is 69.1 Å². The second-order valence-electron chi connectivity index (χ2n) is 2.77. The lowest BCUT2D eigenvalue weighted by Crippen LogP contribution is -1.94. The van der Waals surface area contributed by atoms with Gasteiger partial charge in [-0.3, -0.25) is 4.79 Å². The number of carbonyl (C=O) groups excluding carboxylic acids is 1. The van der Waals surface area contributed by atoms with Gasteiger partial charge in [0, 0.05) is 5.56 Å². The highest BCUT2D eigenvalue weighted by Crippen LogP contribution is 2.17. The van der Waals surface area contributed by atoms with Gasteiger partial charge in [-0.15, -0.1) is 0 Å². The van der Waals surface area contributed by atoms with Crippen LogP contribution in [0.2, 0.25) is 0 Å². The first kappa shape index (κ1) is 9.18. The minimum Gasteiger partial charge on any atom is -0.439 e. The van der Waals surface area contributed by atoms with Gasteiger partial charge < -0.3 is 10.2 Å². The van der Waals surface area contributed by atoms with Crippen molar-refractivity contribution in [2.24, 2.45) is 5.73 Å². The van der Waals surface area contributed by atoms with Crippen LogP contribution in [0.4, 0.5) is 0 Å². The van der Waals surface area contributed by atoms with E-state index in [0.717, 1.165) is 0 Å². The summed E-state index contributed by atoms with van der Waals surface area (Å²) in [5.74, 6) is 0.444. The number of fused-ring (bicyclic) bond motifs is 1. The van der Waals surface area contributed by atoms with E-state index >= 15 is 0 Å². The molecule has 0 spiro atoms. The molecule has 4 nitrogen and oxygen atoms in total. The van der Waals surface area contributed by atoms with E-state index in [-0.39, 0.29) is 6.54 Å². The summed E-state index contributed by atoms with van der Waals surface area (Å²) in [5, 5.41) is -0.516. The third-order valence-corrected chi connectivity index (χ3v) is 2.05. The zero-order valence-electron chi connectivity index (χ0n) is 7.16. The van der Waals surface area contributed by atoms with Crippen LogP contribution in [0.5, 0.6) is 0 Å². The van der Waals surface area contributed by atoms with E-state index in [1.165, 1.54) is 0 Å². The van der Waals surface area contributed by atoms with Gasteiger partial charge in [0.05, 0.1) is 6.54 Å². The summed E-state index contributed by atoms with van der Waals surface area (Å²) in [5.41, 5.74) is 6.95. The van der Waals surface area contributed by atoms with E-state index in [2.05, 4.69) is 4.98 Å². The summed E-state index contributed by atoms with van der Waals surface area (Å²) in [6.07, 6.45) is 0. The highest BCUT2D eigenvalue weighted by molar-refractivity contribution is 6.67. The minimum atomic E-state index is -0.516. The number of oxazole rings is 1. The molecule has 14 heavy (non-hydrogen) atoms. The van der Waals surface area contributed by atoms with Gasteiger partial charge in [0.2, 0.25) is 5.89 Å². The number of carbonyl (C=O) groups is 1. The van der Waals surface area contributed by atoms with Crippen molar-refractivity contribution in [3.8, 4) is 0 Å². The molecule has 0 aliphatic carbocycles. The Hall–Kier alpha value is -1.39. The molecule has 0 aliphatic rings. The average Bonchev–Trinajstić information content (AvgIpc) is 2.58. The van der Waals surface area contributed by atoms with Crippen molar-refractivity contribution in [1.82, 2.24) is 4.98 Å². The first-order valence-corrected chi connectivity index (χ1v) is 4.38. The molecule has 0 saturated heterocycles. The lowest BCUT2D eigenvalue weighted by Gasteiger charge is -1.90. The largest absolute Gasteiger partial charge is 0.439 e. The molecule has 72 valence electrons. The van der Waals surface area contributed by atoms with E-state index in [1.807, 2.05) is 0 Å². The zero-order valence-corrected chi connectivity index (χ0v) is 7.91. The van der Waals surface area contributed by atoms with Gasteiger partial charge in [-0.25, -0.2) is 4.98 Å². The third kappa shape index (κ3) is 1.49. The van der Waals surface area contributed by atoms with Crippen molar-refractivity contribution in [3.05, 3.63) is 29.7 Å². The van der Waals surface area contributed by atoms with Gasteiger partial charge >= 0.3 is 0 Å². The Morgan fingerprint density at radius 3 is 3.00 bits per heavy atom. The molecule has 0 unspecified atom stereocenters. The molecule has 2 rings (SSSR count). The van der Waals surface area contributed by atoms with Gasteiger partial charge in [-0.05, 0) is 29.8 Å². The van der Waals surface area contributed by atoms with Crippen LogP contribution in [0, 0.1) is 0 Å². The van der Waals surface area contributed by atoms with Gasteiger partial charge in [-0.2, -0.15) is 0 Å². The maximum atomic E-state index is 10.8. The molecular weight excluding hydrogens is 204 g/mol. The maximum absolute atomic E-state index is 10.8. The zero-order chi connectivity index (χ0) is 10.1. The first-order chi connectivity index (χ1) is 6.70. The Morgan fingerprint density at radius 2 is 2.36 bits per heavy atom. The van der Waals surface area contributed by atoms with Gasteiger partial charge in [-0.1, -0.05) is 0 Å². The van der Waals surface area contributed by atoms with Crippen LogP contribution in [0.3, 0.4) is 0 Å². The molecule has 2 N–H and O–H groups in total. The standard InChI is InChI=1S/C9H7ClN2O2/c10-9(13)5-1-2-6-7(3-5)14-8(4-11)12-6/h1-3H,4,11H2. The predicted molar refractivity (Wildman–Crippen MR) is 52.1 cm³/mol. The van der Waals surface area contributed by atoms with Crippen LogP contribution in [0.25, 0.3) is 11.1 Å².